The first-order chi connectivity index (χ1) is 13.6. The average Bonchev–Trinajstić information content (AvgIpc) is 3.03. The molecular formula is C21H28N2O4S2. The SMILES string of the molecule is CC(C)c1ccc(S(=O)(=O)[C@H]2CS(=O)(=O)C[C@@H]2N(C)CCc2ccncc2)cc1. The second kappa shape index (κ2) is 8.53. The second-order valence-corrected chi connectivity index (χ2v) is 12.4. The largest absolute Gasteiger partial charge is 0.301 e. The fourth-order valence-corrected chi connectivity index (χ4v) is 8.65. The van der Waals surface area contributed by atoms with E-state index in [0.29, 0.717) is 18.9 Å². The zero-order valence-corrected chi connectivity index (χ0v) is 18.7. The van der Waals surface area contributed by atoms with Gasteiger partial charge in [-0.1, -0.05) is 26.0 Å². The van der Waals surface area contributed by atoms with Crippen molar-refractivity contribution in [3.63, 3.8) is 0 Å². The van der Waals surface area contributed by atoms with Gasteiger partial charge in [0, 0.05) is 25.0 Å². The molecule has 29 heavy (non-hydrogen) atoms. The van der Waals surface area contributed by atoms with Gasteiger partial charge in [0.1, 0.15) is 0 Å². The minimum atomic E-state index is -3.76. The number of sulfone groups is 2. The number of hydrogen-bond donors (Lipinski definition) is 0. The summed E-state index contributed by atoms with van der Waals surface area (Å²) in [6.07, 6.45) is 4.12. The molecule has 2 heterocycles. The summed E-state index contributed by atoms with van der Waals surface area (Å²) >= 11 is 0. The third-order valence-corrected chi connectivity index (χ3v) is 9.75. The Bertz CT molecular complexity index is 1030. The Kier molecular flexibility index (Phi) is 6.45. The molecule has 3 rings (SSSR count). The van der Waals surface area contributed by atoms with Crippen molar-refractivity contribution in [2.24, 2.45) is 0 Å². The molecule has 158 valence electrons. The number of pyridine rings is 1. The molecule has 0 unspecified atom stereocenters. The van der Waals surface area contributed by atoms with E-state index in [9.17, 15) is 16.8 Å². The minimum absolute atomic E-state index is 0.131. The molecule has 8 heteroatoms. The Morgan fingerprint density at radius 3 is 2.28 bits per heavy atom. The standard InChI is InChI=1S/C21H28N2O4S2/c1-16(2)18-4-6-19(7-5-18)29(26,27)21-15-28(24,25)14-20(21)23(3)13-10-17-8-11-22-12-9-17/h4-9,11-12,16,20-21H,10,13-15H2,1-3H3/t20-,21-/m0/s1. The molecule has 1 fully saturated rings. The van der Waals surface area contributed by atoms with Crippen molar-refractivity contribution in [2.75, 3.05) is 25.1 Å². The van der Waals surface area contributed by atoms with Crippen molar-refractivity contribution in [3.8, 4) is 0 Å². The molecule has 6 nitrogen and oxygen atoms in total. The molecule has 1 aliphatic heterocycles. The van der Waals surface area contributed by atoms with E-state index in [0.717, 1.165) is 11.1 Å². The summed E-state index contributed by atoms with van der Waals surface area (Å²) in [5.74, 6) is -0.162. The molecule has 0 aliphatic carbocycles. The van der Waals surface area contributed by atoms with Crippen molar-refractivity contribution >= 4 is 19.7 Å². The van der Waals surface area contributed by atoms with Gasteiger partial charge in [0.15, 0.2) is 19.7 Å². The highest BCUT2D eigenvalue weighted by Crippen LogP contribution is 2.29. The molecule has 0 amide bonds. The Morgan fingerprint density at radius 2 is 1.69 bits per heavy atom. The normalized spacial score (nSPS) is 21.7. The Morgan fingerprint density at radius 1 is 1.07 bits per heavy atom. The summed E-state index contributed by atoms with van der Waals surface area (Å²) in [6.45, 7) is 4.66. The zero-order valence-electron chi connectivity index (χ0n) is 17.0. The number of benzene rings is 1. The number of likely N-dealkylation sites (N-methyl/N-ethyl adjacent to an activating group) is 1. The Labute approximate surface area is 173 Å². The van der Waals surface area contributed by atoms with Crippen molar-refractivity contribution in [1.82, 2.24) is 9.88 Å². The van der Waals surface area contributed by atoms with Crippen molar-refractivity contribution in [1.29, 1.82) is 0 Å². The number of rotatable bonds is 7. The molecular weight excluding hydrogens is 408 g/mol. The summed E-state index contributed by atoms with van der Waals surface area (Å²) in [6, 6.07) is 10.1. The van der Waals surface area contributed by atoms with Crippen LogP contribution in [0.15, 0.2) is 53.7 Å². The smallest absolute Gasteiger partial charge is 0.183 e. The van der Waals surface area contributed by atoms with Crippen LogP contribution < -0.4 is 0 Å². The lowest BCUT2D eigenvalue weighted by Gasteiger charge is -2.28. The molecule has 1 aromatic heterocycles. The van der Waals surface area contributed by atoms with Crippen LogP contribution in [0.25, 0.3) is 0 Å². The Hall–Kier alpha value is -1.77. The van der Waals surface area contributed by atoms with E-state index in [1.807, 2.05) is 43.0 Å². The van der Waals surface area contributed by atoms with Crippen molar-refractivity contribution < 1.29 is 16.8 Å². The highest BCUT2D eigenvalue weighted by Gasteiger charge is 2.47. The van der Waals surface area contributed by atoms with Gasteiger partial charge in [0.25, 0.3) is 0 Å². The van der Waals surface area contributed by atoms with E-state index in [1.165, 1.54) is 0 Å². The van der Waals surface area contributed by atoms with Crippen LogP contribution in [0.2, 0.25) is 0 Å². The quantitative estimate of drug-likeness (QED) is 0.662. The molecule has 2 aromatic rings. The van der Waals surface area contributed by atoms with E-state index in [-0.39, 0.29) is 16.4 Å². The first kappa shape index (κ1) is 21.9. The predicted octanol–water partition coefficient (Wildman–Crippen LogP) is 2.32. The molecule has 1 saturated heterocycles. The van der Waals surface area contributed by atoms with E-state index in [1.54, 1.807) is 31.6 Å². The van der Waals surface area contributed by atoms with E-state index in [2.05, 4.69) is 4.98 Å². The lowest BCUT2D eigenvalue weighted by atomic mass is 10.0. The van der Waals surface area contributed by atoms with Gasteiger partial charge in [-0.2, -0.15) is 0 Å². The summed E-state index contributed by atoms with van der Waals surface area (Å²) < 4.78 is 51.3. The van der Waals surface area contributed by atoms with Crippen molar-refractivity contribution in [2.45, 2.75) is 42.4 Å². The lowest BCUT2D eigenvalue weighted by molar-refractivity contribution is 0.266. The average molecular weight is 437 g/mol. The summed E-state index contributed by atoms with van der Waals surface area (Å²) in [5.41, 5.74) is 2.13. The predicted molar refractivity (Wildman–Crippen MR) is 115 cm³/mol. The van der Waals surface area contributed by atoms with Crippen LogP contribution in [0.4, 0.5) is 0 Å². The first-order valence-corrected chi connectivity index (χ1v) is 13.1. The van der Waals surface area contributed by atoms with Gasteiger partial charge in [-0.25, -0.2) is 16.8 Å². The monoisotopic (exact) mass is 436 g/mol. The molecule has 0 N–H and O–H groups in total. The Balaban J connectivity index is 1.82. The fourth-order valence-electron chi connectivity index (χ4n) is 3.74. The van der Waals surface area contributed by atoms with Crippen LogP contribution in [0.3, 0.4) is 0 Å². The maximum Gasteiger partial charge on any atom is 0.183 e. The van der Waals surface area contributed by atoms with Crippen LogP contribution in [0.5, 0.6) is 0 Å². The molecule has 1 aromatic carbocycles. The first-order valence-electron chi connectivity index (χ1n) is 9.73. The third-order valence-electron chi connectivity index (χ3n) is 5.61. The second-order valence-electron chi connectivity index (χ2n) is 8.04. The molecule has 0 radical (unpaired) electrons. The van der Waals surface area contributed by atoms with Gasteiger partial charge in [-0.3, -0.25) is 4.98 Å². The van der Waals surface area contributed by atoms with Gasteiger partial charge >= 0.3 is 0 Å². The van der Waals surface area contributed by atoms with Crippen LogP contribution in [0, 0.1) is 0 Å². The molecule has 1 aliphatic rings. The number of hydrogen-bond acceptors (Lipinski definition) is 6. The summed E-state index contributed by atoms with van der Waals surface area (Å²) in [7, 11) is -5.37. The van der Waals surface area contributed by atoms with E-state index >= 15 is 0 Å². The molecule has 0 saturated carbocycles. The van der Waals surface area contributed by atoms with Gasteiger partial charge in [-0.05, 0) is 54.8 Å². The molecule has 0 bridgehead atoms. The van der Waals surface area contributed by atoms with Crippen LogP contribution in [0.1, 0.15) is 30.9 Å². The number of nitrogens with zero attached hydrogens (tertiary/aromatic N) is 2. The van der Waals surface area contributed by atoms with Gasteiger partial charge in [-0.15, -0.1) is 0 Å². The number of aromatic nitrogens is 1. The fraction of sp³-hybridized carbons (Fsp3) is 0.476. The summed E-state index contributed by atoms with van der Waals surface area (Å²) in [5, 5.41) is -0.958. The van der Waals surface area contributed by atoms with E-state index < -0.39 is 31.0 Å². The molecule has 0 spiro atoms. The highest BCUT2D eigenvalue weighted by molar-refractivity contribution is 7.96. The third kappa shape index (κ3) is 5.05. The molecule has 2 atom stereocenters. The van der Waals surface area contributed by atoms with Gasteiger partial charge < -0.3 is 4.90 Å². The maximum absolute atomic E-state index is 13.3. The van der Waals surface area contributed by atoms with Crippen LogP contribution in [-0.4, -0.2) is 63.1 Å². The lowest BCUT2D eigenvalue weighted by Crippen LogP contribution is -2.45. The maximum atomic E-state index is 13.3. The van der Waals surface area contributed by atoms with E-state index in [4.69, 9.17) is 0 Å². The van der Waals surface area contributed by atoms with Crippen molar-refractivity contribution in [3.05, 3.63) is 59.9 Å². The topological polar surface area (TPSA) is 84.4 Å². The summed E-state index contributed by atoms with van der Waals surface area (Å²) in [4.78, 5) is 6.05. The highest BCUT2D eigenvalue weighted by atomic mass is 32.2. The zero-order chi connectivity index (χ0) is 21.2. The van der Waals surface area contributed by atoms with Gasteiger partial charge in [0.2, 0.25) is 0 Å². The van der Waals surface area contributed by atoms with Gasteiger partial charge in [0.05, 0.1) is 21.7 Å². The minimum Gasteiger partial charge on any atom is -0.301 e. The van der Waals surface area contributed by atoms with Crippen LogP contribution >= 0.6 is 0 Å². The van der Waals surface area contributed by atoms with Crippen LogP contribution in [-0.2, 0) is 26.1 Å².